The van der Waals surface area contributed by atoms with Crippen molar-refractivity contribution >= 4 is 11.7 Å². The zero-order valence-electron chi connectivity index (χ0n) is 16.8. The summed E-state index contributed by atoms with van der Waals surface area (Å²) in [6.45, 7) is 1.03. The van der Waals surface area contributed by atoms with Gasteiger partial charge < -0.3 is 4.90 Å². The number of benzene rings is 3. The third-order valence-corrected chi connectivity index (χ3v) is 5.18. The van der Waals surface area contributed by atoms with Crippen molar-refractivity contribution in [2.75, 3.05) is 11.9 Å². The Bertz CT molecular complexity index is 1160. The van der Waals surface area contributed by atoms with Crippen molar-refractivity contribution in [3.8, 4) is 17.9 Å². The van der Waals surface area contributed by atoms with Crippen LogP contribution in [-0.2, 0) is 19.5 Å². The van der Waals surface area contributed by atoms with Gasteiger partial charge in [0.25, 0.3) is 0 Å². The van der Waals surface area contributed by atoms with Gasteiger partial charge in [0.15, 0.2) is 0 Å². The number of anilines is 1. The molecule has 0 aromatic heterocycles. The van der Waals surface area contributed by atoms with E-state index in [0.717, 1.165) is 22.4 Å². The third-order valence-electron chi connectivity index (χ3n) is 5.18. The van der Waals surface area contributed by atoms with Gasteiger partial charge in [0, 0.05) is 32.1 Å². The van der Waals surface area contributed by atoms with Crippen LogP contribution in [0.2, 0.25) is 0 Å². The topological polar surface area (TPSA) is 47.3 Å². The molecule has 0 unspecified atom stereocenters. The minimum atomic E-state index is -0.0326. The van der Waals surface area contributed by atoms with Crippen LogP contribution >= 0.6 is 0 Å². The second-order valence-corrected chi connectivity index (χ2v) is 7.31. The molecule has 0 fully saturated rings. The van der Waals surface area contributed by atoms with E-state index in [1.807, 2.05) is 47.4 Å². The number of hydrogen-bond acceptors (Lipinski definition) is 2. The highest BCUT2D eigenvalue weighted by atomic mass is 16.2. The maximum atomic E-state index is 12.8. The molecule has 0 aliphatic carbocycles. The molecule has 0 radical (unpaired) electrons. The van der Waals surface area contributed by atoms with E-state index in [1.54, 1.807) is 24.1 Å². The predicted octanol–water partition coefficient (Wildman–Crippen LogP) is 4.72. The van der Waals surface area contributed by atoms with Crippen LogP contribution in [0.25, 0.3) is 0 Å². The first kappa shape index (κ1) is 19.3. The number of carbonyl (C=O) groups excluding carboxylic acids is 1. The van der Waals surface area contributed by atoms with Crippen molar-refractivity contribution in [1.82, 2.24) is 4.90 Å². The zero-order chi connectivity index (χ0) is 20.9. The third kappa shape index (κ3) is 4.19. The number of nitriles is 1. The number of amides is 2. The molecule has 0 saturated carbocycles. The van der Waals surface area contributed by atoms with Gasteiger partial charge in [-0.2, -0.15) is 5.26 Å². The fourth-order valence-electron chi connectivity index (χ4n) is 3.58. The SMILES string of the molecule is CN1C(=O)N(Cc2ccc(C#N)cc2)Cc2cc(C#CCc3ccccc3)ccc21. The molecule has 0 spiro atoms. The van der Waals surface area contributed by atoms with Crippen LogP contribution in [0, 0.1) is 23.2 Å². The maximum absolute atomic E-state index is 12.8. The Balaban J connectivity index is 1.52. The van der Waals surface area contributed by atoms with Crippen molar-refractivity contribution in [3.63, 3.8) is 0 Å². The fraction of sp³-hybridized carbons (Fsp3) is 0.154. The van der Waals surface area contributed by atoms with Gasteiger partial charge in [-0.15, -0.1) is 0 Å². The molecule has 1 aliphatic heterocycles. The van der Waals surface area contributed by atoms with Gasteiger partial charge in [-0.25, -0.2) is 4.79 Å². The standard InChI is InChI=1S/C26H21N3O/c1-28-25-15-14-21(9-5-8-20-6-3-2-4-7-20)16-24(25)19-29(26(28)30)18-23-12-10-22(17-27)11-13-23/h2-4,6-7,10-16H,8,18-19H2,1H3. The molecule has 0 saturated heterocycles. The number of carbonyl (C=O) groups is 1. The smallest absolute Gasteiger partial charge is 0.316 e. The van der Waals surface area contributed by atoms with E-state index in [0.29, 0.717) is 25.1 Å². The summed E-state index contributed by atoms with van der Waals surface area (Å²) in [5.74, 6) is 6.48. The van der Waals surface area contributed by atoms with Crippen molar-refractivity contribution in [3.05, 3.63) is 101 Å². The summed E-state index contributed by atoms with van der Waals surface area (Å²) in [6, 6.07) is 25.6. The Morgan fingerprint density at radius 2 is 1.67 bits per heavy atom. The van der Waals surface area contributed by atoms with Crippen molar-refractivity contribution in [2.45, 2.75) is 19.5 Å². The summed E-state index contributed by atoms with van der Waals surface area (Å²) in [5, 5.41) is 8.96. The lowest BCUT2D eigenvalue weighted by atomic mass is 10.0. The molecule has 3 aromatic rings. The van der Waals surface area contributed by atoms with Gasteiger partial charge >= 0.3 is 6.03 Å². The first-order chi connectivity index (χ1) is 14.6. The number of fused-ring (bicyclic) bond motifs is 1. The van der Waals surface area contributed by atoms with Crippen LogP contribution in [0.3, 0.4) is 0 Å². The van der Waals surface area contributed by atoms with Crippen LogP contribution in [0.5, 0.6) is 0 Å². The maximum Gasteiger partial charge on any atom is 0.324 e. The van der Waals surface area contributed by atoms with Gasteiger partial charge in [-0.05, 0) is 47.0 Å². The minimum Gasteiger partial charge on any atom is -0.316 e. The lowest BCUT2D eigenvalue weighted by molar-refractivity contribution is 0.197. The van der Waals surface area contributed by atoms with Crippen LogP contribution in [0.1, 0.15) is 27.8 Å². The molecule has 146 valence electrons. The molecule has 30 heavy (non-hydrogen) atoms. The Hall–Kier alpha value is -4.02. The van der Waals surface area contributed by atoms with Crippen LogP contribution in [0.4, 0.5) is 10.5 Å². The van der Waals surface area contributed by atoms with E-state index >= 15 is 0 Å². The summed E-state index contributed by atoms with van der Waals surface area (Å²) < 4.78 is 0. The molecule has 4 nitrogen and oxygen atoms in total. The van der Waals surface area contributed by atoms with Gasteiger partial charge in [0.1, 0.15) is 0 Å². The highest BCUT2D eigenvalue weighted by Gasteiger charge is 2.27. The van der Waals surface area contributed by atoms with E-state index in [9.17, 15) is 4.79 Å². The molecular formula is C26H21N3O. The fourth-order valence-corrected chi connectivity index (χ4v) is 3.58. The Labute approximate surface area is 177 Å². The van der Waals surface area contributed by atoms with Crippen molar-refractivity contribution < 1.29 is 4.79 Å². The normalized spacial score (nSPS) is 12.6. The highest BCUT2D eigenvalue weighted by molar-refractivity contribution is 5.94. The summed E-state index contributed by atoms with van der Waals surface area (Å²) in [6.07, 6.45) is 0.709. The summed E-state index contributed by atoms with van der Waals surface area (Å²) in [7, 11) is 1.80. The van der Waals surface area contributed by atoms with Crippen molar-refractivity contribution in [2.24, 2.45) is 0 Å². The number of nitrogens with zero attached hydrogens (tertiary/aromatic N) is 3. The lowest BCUT2D eigenvalue weighted by Crippen LogP contribution is -2.44. The van der Waals surface area contributed by atoms with E-state index in [2.05, 4.69) is 36.1 Å². The molecule has 0 atom stereocenters. The number of hydrogen-bond donors (Lipinski definition) is 0. The second kappa shape index (κ2) is 8.55. The second-order valence-electron chi connectivity index (χ2n) is 7.31. The molecule has 1 heterocycles. The van der Waals surface area contributed by atoms with Gasteiger partial charge in [0.05, 0.1) is 17.3 Å². The molecule has 0 N–H and O–H groups in total. The quantitative estimate of drug-likeness (QED) is 0.606. The summed E-state index contributed by atoms with van der Waals surface area (Å²) in [5.41, 5.74) is 5.76. The van der Waals surface area contributed by atoms with Gasteiger partial charge in [-0.3, -0.25) is 4.90 Å². The lowest BCUT2D eigenvalue weighted by Gasteiger charge is -2.35. The Morgan fingerprint density at radius 3 is 2.40 bits per heavy atom. The van der Waals surface area contributed by atoms with E-state index in [-0.39, 0.29) is 6.03 Å². The predicted molar refractivity (Wildman–Crippen MR) is 118 cm³/mol. The minimum absolute atomic E-state index is 0.0326. The number of urea groups is 1. The van der Waals surface area contributed by atoms with Crippen LogP contribution < -0.4 is 4.90 Å². The summed E-state index contributed by atoms with van der Waals surface area (Å²) in [4.78, 5) is 16.3. The van der Waals surface area contributed by atoms with E-state index in [4.69, 9.17) is 5.26 Å². The van der Waals surface area contributed by atoms with Gasteiger partial charge in [-0.1, -0.05) is 54.3 Å². The van der Waals surface area contributed by atoms with Crippen LogP contribution in [0.15, 0.2) is 72.8 Å². The molecule has 3 aromatic carbocycles. The average molecular weight is 391 g/mol. The summed E-state index contributed by atoms with van der Waals surface area (Å²) >= 11 is 0. The molecular weight excluding hydrogens is 370 g/mol. The highest BCUT2D eigenvalue weighted by Crippen LogP contribution is 2.29. The van der Waals surface area contributed by atoms with Crippen LogP contribution in [-0.4, -0.2) is 18.0 Å². The van der Waals surface area contributed by atoms with E-state index < -0.39 is 0 Å². The average Bonchev–Trinajstić information content (AvgIpc) is 2.78. The Morgan fingerprint density at radius 1 is 0.933 bits per heavy atom. The molecule has 2 amide bonds. The first-order valence-electron chi connectivity index (χ1n) is 9.81. The van der Waals surface area contributed by atoms with Gasteiger partial charge in [0.2, 0.25) is 0 Å². The van der Waals surface area contributed by atoms with Crippen molar-refractivity contribution in [1.29, 1.82) is 5.26 Å². The largest absolute Gasteiger partial charge is 0.324 e. The molecule has 4 heteroatoms. The van der Waals surface area contributed by atoms with E-state index in [1.165, 1.54) is 5.56 Å². The number of rotatable bonds is 3. The monoisotopic (exact) mass is 391 g/mol. The zero-order valence-corrected chi connectivity index (χ0v) is 16.8. The molecule has 4 rings (SSSR count). The molecule has 0 bridgehead atoms. The first-order valence-corrected chi connectivity index (χ1v) is 9.81. The Kier molecular flexibility index (Phi) is 5.50. The molecule has 1 aliphatic rings.